The van der Waals surface area contributed by atoms with E-state index >= 15 is 0 Å². The number of unbranched alkanes of at least 4 members (excludes halogenated alkanes) is 2. The van der Waals surface area contributed by atoms with Crippen LogP contribution in [0.2, 0.25) is 0 Å². The fraction of sp³-hybridized carbons (Fsp3) is 0.810. The number of rotatable bonds is 14. The van der Waals surface area contributed by atoms with Crippen molar-refractivity contribution in [3.8, 4) is 0 Å². The van der Waals surface area contributed by atoms with Crippen molar-refractivity contribution in [3.05, 3.63) is 12.2 Å². The van der Waals surface area contributed by atoms with Gasteiger partial charge in [-0.3, -0.25) is 0 Å². The summed E-state index contributed by atoms with van der Waals surface area (Å²) < 4.78 is 10.5. The molecule has 0 bridgehead atoms. The van der Waals surface area contributed by atoms with Crippen LogP contribution in [0.4, 0.5) is 0 Å². The minimum absolute atomic E-state index is 0.369. The predicted molar refractivity (Wildman–Crippen MR) is 102 cm³/mol. The van der Waals surface area contributed by atoms with Gasteiger partial charge in [0.05, 0.1) is 13.2 Å². The Morgan fingerprint density at radius 1 is 0.840 bits per heavy atom. The maximum atomic E-state index is 11.8. The lowest BCUT2D eigenvalue weighted by Crippen LogP contribution is -2.18. The average Bonchev–Trinajstić information content (AvgIpc) is 2.59. The molecule has 0 aliphatic carbocycles. The second-order valence-corrected chi connectivity index (χ2v) is 7.16. The molecule has 0 aliphatic rings. The Morgan fingerprint density at radius 2 is 1.36 bits per heavy atom. The highest BCUT2D eigenvalue weighted by Crippen LogP contribution is 2.18. The molecular weight excluding hydrogens is 316 g/mol. The summed E-state index contributed by atoms with van der Waals surface area (Å²) in [6.07, 6.45) is 10.0. The fourth-order valence-electron chi connectivity index (χ4n) is 2.60. The Morgan fingerprint density at radius 3 is 1.84 bits per heavy atom. The number of esters is 2. The molecule has 0 aromatic heterocycles. The first-order valence-electron chi connectivity index (χ1n) is 9.96. The number of hydrogen-bond donors (Lipinski definition) is 0. The van der Waals surface area contributed by atoms with E-state index in [-0.39, 0.29) is 0 Å². The van der Waals surface area contributed by atoms with E-state index in [2.05, 4.69) is 34.6 Å². The molecule has 0 amide bonds. The van der Waals surface area contributed by atoms with Crippen LogP contribution < -0.4 is 0 Å². The van der Waals surface area contributed by atoms with Crippen LogP contribution in [-0.4, -0.2) is 25.2 Å². The van der Waals surface area contributed by atoms with Gasteiger partial charge in [0, 0.05) is 12.2 Å². The monoisotopic (exact) mass is 354 g/mol. The smallest absolute Gasteiger partial charge is 0.331 e. The molecule has 0 fully saturated rings. The van der Waals surface area contributed by atoms with Crippen LogP contribution in [0.3, 0.4) is 0 Å². The minimum atomic E-state index is -0.475. The molecule has 0 saturated heterocycles. The SMILES string of the molecule is CCCCC(CC)COC(=O)/C=C\C(=O)OCC(CCCC)C(C)C. The fourth-order valence-corrected chi connectivity index (χ4v) is 2.60. The van der Waals surface area contributed by atoms with Crippen molar-refractivity contribution in [3.63, 3.8) is 0 Å². The average molecular weight is 355 g/mol. The Labute approximate surface area is 154 Å². The topological polar surface area (TPSA) is 52.6 Å². The van der Waals surface area contributed by atoms with Crippen LogP contribution in [-0.2, 0) is 19.1 Å². The highest BCUT2D eigenvalue weighted by Gasteiger charge is 2.15. The van der Waals surface area contributed by atoms with E-state index in [1.54, 1.807) is 0 Å². The highest BCUT2D eigenvalue weighted by molar-refractivity contribution is 5.91. The van der Waals surface area contributed by atoms with Gasteiger partial charge in [0.2, 0.25) is 0 Å². The van der Waals surface area contributed by atoms with E-state index in [0.29, 0.717) is 31.0 Å². The molecule has 0 N–H and O–H groups in total. The van der Waals surface area contributed by atoms with E-state index in [4.69, 9.17) is 9.47 Å². The van der Waals surface area contributed by atoms with Crippen molar-refractivity contribution >= 4 is 11.9 Å². The molecule has 0 aliphatic heterocycles. The summed E-state index contributed by atoms with van der Waals surface area (Å²) in [5, 5.41) is 0. The van der Waals surface area contributed by atoms with Crippen LogP contribution in [0, 0.1) is 17.8 Å². The maximum Gasteiger partial charge on any atom is 0.331 e. The second kappa shape index (κ2) is 15.0. The number of carbonyl (C=O) groups is 2. The lowest BCUT2D eigenvalue weighted by molar-refractivity contribution is -0.142. The van der Waals surface area contributed by atoms with Crippen LogP contribution in [0.1, 0.15) is 79.6 Å². The first-order chi connectivity index (χ1) is 11.9. The van der Waals surface area contributed by atoms with E-state index < -0.39 is 11.9 Å². The third-order valence-corrected chi connectivity index (χ3v) is 4.67. The summed E-state index contributed by atoms with van der Waals surface area (Å²) in [4.78, 5) is 23.5. The molecule has 0 spiro atoms. The van der Waals surface area contributed by atoms with Crippen LogP contribution >= 0.6 is 0 Å². The molecule has 0 rings (SSSR count). The van der Waals surface area contributed by atoms with E-state index in [1.807, 2.05) is 0 Å². The van der Waals surface area contributed by atoms with Gasteiger partial charge in [-0.25, -0.2) is 9.59 Å². The molecular formula is C21H38O4. The van der Waals surface area contributed by atoms with Gasteiger partial charge < -0.3 is 9.47 Å². The predicted octanol–water partition coefficient (Wildman–Crippen LogP) is 5.31. The largest absolute Gasteiger partial charge is 0.462 e. The van der Waals surface area contributed by atoms with E-state index in [1.165, 1.54) is 12.2 Å². The zero-order chi connectivity index (χ0) is 19.1. The number of carbonyl (C=O) groups excluding carboxylic acids is 2. The summed E-state index contributed by atoms with van der Waals surface area (Å²) in [6.45, 7) is 11.5. The third kappa shape index (κ3) is 12.7. The molecule has 0 aromatic rings. The van der Waals surface area contributed by atoms with Gasteiger partial charge in [0.25, 0.3) is 0 Å². The van der Waals surface area contributed by atoms with Gasteiger partial charge in [-0.1, -0.05) is 66.7 Å². The summed E-state index contributed by atoms with van der Waals surface area (Å²) >= 11 is 0. The zero-order valence-corrected chi connectivity index (χ0v) is 16.9. The van der Waals surface area contributed by atoms with Crippen molar-refractivity contribution in [2.75, 3.05) is 13.2 Å². The number of hydrogen-bond acceptors (Lipinski definition) is 4. The molecule has 0 aromatic carbocycles. The summed E-state index contributed by atoms with van der Waals surface area (Å²) in [6, 6.07) is 0. The van der Waals surface area contributed by atoms with Gasteiger partial charge in [-0.2, -0.15) is 0 Å². The Kier molecular flexibility index (Phi) is 14.2. The molecule has 25 heavy (non-hydrogen) atoms. The van der Waals surface area contributed by atoms with Crippen molar-refractivity contribution < 1.29 is 19.1 Å². The van der Waals surface area contributed by atoms with Gasteiger partial charge in [0.1, 0.15) is 0 Å². The molecule has 4 nitrogen and oxygen atoms in total. The van der Waals surface area contributed by atoms with Gasteiger partial charge in [-0.05, 0) is 30.6 Å². The molecule has 2 unspecified atom stereocenters. The van der Waals surface area contributed by atoms with Crippen LogP contribution in [0.5, 0.6) is 0 Å². The molecule has 0 heterocycles. The first kappa shape index (κ1) is 23.7. The van der Waals surface area contributed by atoms with Gasteiger partial charge in [0.15, 0.2) is 0 Å². The molecule has 2 atom stereocenters. The quantitative estimate of drug-likeness (QED) is 0.313. The molecule has 0 radical (unpaired) electrons. The number of ether oxygens (including phenoxy) is 2. The first-order valence-corrected chi connectivity index (χ1v) is 9.96. The summed E-state index contributed by atoms with van der Waals surface area (Å²) in [5.41, 5.74) is 0. The normalized spacial score (nSPS) is 13.8. The third-order valence-electron chi connectivity index (χ3n) is 4.67. The Balaban J connectivity index is 4.15. The lowest BCUT2D eigenvalue weighted by atomic mass is 9.91. The highest BCUT2D eigenvalue weighted by atomic mass is 16.5. The standard InChI is InChI=1S/C21H38O4/c1-6-9-11-18(8-3)15-24-20(22)13-14-21(23)25-16-19(17(4)5)12-10-7-2/h13-14,17-19H,6-12,15-16H2,1-5H3/b14-13-. The minimum Gasteiger partial charge on any atom is -0.462 e. The molecule has 4 heteroatoms. The van der Waals surface area contributed by atoms with Crippen LogP contribution in [0.15, 0.2) is 12.2 Å². The van der Waals surface area contributed by atoms with E-state index in [0.717, 1.165) is 44.9 Å². The summed E-state index contributed by atoms with van der Waals surface area (Å²) in [5.74, 6) is 0.292. The van der Waals surface area contributed by atoms with Gasteiger partial charge >= 0.3 is 11.9 Å². The van der Waals surface area contributed by atoms with E-state index in [9.17, 15) is 9.59 Å². The molecule has 146 valence electrons. The van der Waals surface area contributed by atoms with Crippen molar-refractivity contribution in [2.45, 2.75) is 79.6 Å². The van der Waals surface area contributed by atoms with Crippen molar-refractivity contribution in [2.24, 2.45) is 17.8 Å². The lowest BCUT2D eigenvalue weighted by Gasteiger charge is -2.19. The zero-order valence-electron chi connectivity index (χ0n) is 16.9. The van der Waals surface area contributed by atoms with Crippen molar-refractivity contribution in [1.29, 1.82) is 0 Å². The maximum absolute atomic E-state index is 11.8. The second-order valence-electron chi connectivity index (χ2n) is 7.16. The van der Waals surface area contributed by atoms with Crippen molar-refractivity contribution in [1.82, 2.24) is 0 Å². The Hall–Kier alpha value is -1.32. The summed E-state index contributed by atoms with van der Waals surface area (Å²) in [7, 11) is 0. The Bertz CT molecular complexity index is 387. The van der Waals surface area contributed by atoms with Crippen LogP contribution in [0.25, 0.3) is 0 Å². The molecule has 0 saturated carbocycles. The van der Waals surface area contributed by atoms with Gasteiger partial charge in [-0.15, -0.1) is 0 Å².